The molecule has 0 radical (unpaired) electrons. The summed E-state index contributed by atoms with van der Waals surface area (Å²) in [5, 5.41) is 0. The Hall–Kier alpha value is -2.43. The Morgan fingerprint density at radius 3 is 3.05 bits per heavy atom. The fraction of sp³-hybridized carbons (Fsp3) is 0.214. The highest BCUT2D eigenvalue weighted by Crippen LogP contribution is 2.26. The molecular weight excluding hydrogens is 244 g/mol. The van der Waals surface area contributed by atoms with E-state index in [1.807, 2.05) is 12.1 Å². The van der Waals surface area contributed by atoms with Crippen LogP contribution < -0.4 is 9.47 Å². The third-order valence-corrected chi connectivity index (χ3v) is 3.04. The van der Waals surface area contributed by atoms with Gasteiger partial charge >= 0.3 is 0 Å². The fourth-order valence-corrected chi connectivity index (χ4v) is 2.05. The second-order valence-electron chi connectivity index (χ2n) is 4.20. The number of rotatable bonds is 3. The molecule has 1 aliphatic rings. The summed E-state index contributed by atoms with van der Waals surface area (Å²) in [5.41, 5.74) is 1.99. The zero-order valence-electron chi connectivity index (χ0n) is 10.4. The topological polar surface area (TPSA) is 61.3 Å². The molecule has 3 rings (SSSR count). The van der Waals surface area contributed by atoms with Crippen molar-refractivity contribution in [1.29, 1.82) is 0 Å². The summed E-state index contributed by atoms with van der Waals surface area (Å²) in [4.78, 5) is 20.2. The zero-order valence-corrected chi connectivity index (χ0v) is 10.4. The van der Waals surface area contributed by atoms with Crippen LogP contribution in [0.25, 0.3) is 0 Å². The molecule has 0 saturated heterocycles. The number of carbonyl (C=O) groups is 1. The lowest BCUT2D eigenvalue weighted by Gasteiger charge is -2.04. The molecule has 1 aliphatic heterocycles. The van der Waals surface area contributed by atoms with Crippen LogP contribution in [0.4, 0.5) is 0 Å². The summed E-state index contributed by atoms with van der Waals surface area (Å²) in [6.45, 7) is 0.675. The molecule has 2 aromatic rings. The third kappa shape index (κ3) is 2.14. The first-order chi connectivity index (χ1) is 9.28. The lowest BCUT2D eigenvalue weighted by atomic mass is 10.0. The molecule has 0 saturated carbocycles. The van der Waals surface area contributed by atoms with Crippen LogP contribution in [0.1, 0.15) is 21.6 Å². The summed E-state index contributed by atoms with van der Waals surface area (Å²) in [7, 11) is 1.50. The Morgan fingerprint density at radius 1 is 1.32 bits per heavy atom. The highest BCUT2D eigenvalue weighted by Gasteiger charge is 2.17. The molecule has 0 fully saturated rings. The van der Waals surface area contributed by atoms with Crippen LogP contribution in [0, 0.1) is 0 Å². The molecule has 0 atom stereocenters. The largest absolute Gasteiger partial charge is 0.493 e. The van der Waals surface area contributed by atoms with Gasteiger partial charge in [-0.1, -0.05) is 0 Å². The van der Waals surface area contributed by atoms with Gasteiger partial charge in [0.25, 0.3) is 0 Å². The zero-order chi connectivity index (χ0) is 13.2. The third-order valence-electron chi connectivity index (χ3n) is 3.04. The quantitative estimate of drug-likeness (QED) is 0.781. The van der Waals surface area contributed by atoms with E-state index in [0.717, 1.165) is 17.7 Å². The predicted octanol–water partition coefficient (Wildman–Crippen LogP) is 1.65. The van der Waals surface area contributed by atoms with Gasteiger partial charge in [-0.15, -0.1) is 0 Å². The van der Waals surface area contributed by atoms with E-state index in [2.05, 4.69) is 9.97 Å². The predicted molar refractivity (Wildman–Crippen MR) is 67.7 cm³/mol. The number of hydrogen-bond donors (Lipinski definition) is 0. The minimum atomic E-state index is -0.143. The van der Waals surface area contributed by atoms with Crippen molar-refractivity contribution in [3.8, 4) is 11.6 Å². The number of fused-ring (bicyclic) bond motifs is 1. The molecule has 1 aromatic heterocycles. The first kappa shape index (κ1) is 11.6. The second-order valence-corrected chi connectivity index (χ2v) is 4.20. The molecular formula is C14H12N2O3. The lowest BCUT2D eigenvalue weighted by Crippen LogP contribution is -2.05. The molecule has 1 aromatic carbocycles. The number of ketones is 1. The molecule has 0 spiro atoms. The summed E-state index contributed by atoms with van der Waals surface area (Å²) < 4.78 is 10.4. The summed E-state index contributed by atoms with van der Waals surface area (Å²) >= 11 is 0. The number of carbonyl (C=O) groups excluding carboxylic acids is 1. The van der Waals surface area contributed by atoms with Crippen LogP contribution in [-0.2, 0) is 6.42 Å². The van der Waals surface area contributed by atoms with Gasteiger partial charge in [-0.3, -0.25) is 4.79 Å². The number of hydrogen-bond acceptors (Lipinski definition) is 5. The van der Waals surface area contributed by atoms with Crippen LogP contribution in [0.15, 0.2) is 30.6 Å². The summed E-state index contributed by atoms with van der Waals surface area (Å²) in [6.07, 6.45) is 2.16. The van der Waals surface area contributed by atoms with Crippen molar-refractivity contribution < 1.29 is 14.3 Å². The molecule has 0 bridgehead atoms. The standard InChI is InChI=1S/C14H12N2O3/c1-18-13-7-11(15-8-16-13)14(17)10-2-3-12-9(6-10)4-5-19-12/h2-3,6-8H,4-5H2,1H3. The highest BCUT2D eigenvalue weighted by atomic mass is 16.5. The highest BCUT2D eigenvalue weighted by molar-refractivity contribution is 6.08. The van der Waals surface area contributed by atoms with Crippen LogP contribution in [0.5, 0.6) is 11.6 Å². The molecule has 19 heavy (non-hydrogen) atoms. The number of nitrogens with zero attached hydrogens (tertiary/aromatic N) is 2. The Morgan fingerprint density at radius 2 is 2.21 bits per heavy atom. The monoisotopic (exact) mass is 256 g/mol. The van der Waals surface area contributed by atoms with Crippen LogP contribution in [0.3, 0.4) is 0 Å². The van der Waals surface area contributed by atoms with Crippen molar-refractivity contribution in [3.63, 3.8) is 0 Å². The number of aromatic nitrogens is 2. The first-order valence-electron chi connectivity index (χ1n) is 5.94. The minimum absolute atomic E-state index is 0.143. The maximum atomic E-state index is 12.3. The van der Waals surface area contributed by atoms with Crippen molar-refractivity contribution in [2.75, 3.05) is 13.7 Å². The van der Waals surface area contributed by atoms with Crippen molar-refractivity contribution in [2.24, 2.45) is 0 Å². The Balaban J connectivity index is 1.95. The van der Waals surface area contributed by atoms with Crippen LogP contribution >= 0.6 is 0 Å². The van der Waals surface area contributed by atoms with E-state index in [4.69, 9.17) is 9.47 Å². The lowest BCUT2D eigenvalue weighted by molar-refractivity contribution is 0.103. The number of methoxy groups -OCH3 is 1. The summed E-state index contributed by atoms with van der Waals surface area (Å²) in [6, 6.07) is 6.97. The normalized spacial score (nSPS) is 12.7. The average molecular weight is 256 g/mol. The number of benzene rings is 1. The van der Waals surface area contributed by atoms with Gasteiger partial charge in [0.2, 0.25) is 11.7 Å². The first-order valence-corrected chi connectivity index (χ1v) is 5.94. The van der Waals surface area contributed by atoms with Gasteiger partial charge in [-0.2, -0.15) is 0 Å². The van der Waals surface area contributed by atoms with Crippen LogP contribution in [-0.4, -0.2) is 29.5 Å². The molecule has 5 nitrogen and oxygen atoms in total. The molecule has 0 aliphatic carbocycles. The van der Waals surface area contributed by atoms with E-state index in [1.54, 1.807) is 6.07 Å². The van der Waals surface area contributed by atoms with E-state index in [9.17, 15) is 4.79 Å². The molecule has 0 N–H and O–H groups in total. The maximum absolute atomic E-state index is 12.3. The Bertz CT molecular complexity index is 640. The maximum Gasteiger partial charge on any atom is 0.216 e. The van der Waals surface area contributed by atoms with E-state index >= 15 is 0 Å². The van der Waals surface area contributed by atoms with Crippen molar-refractivity contribution >= 4 is 5.78 Å². The van der Waals surface area contributed by atoms with Gasteiger partial charge in [0.1, 0.15) is 17.8 Å². The Labute approximate surface area is 110 Å². The molecule has 0 unspecified atom stereocenters. The van der Waals surface area contributed by atoms with Crippen LogP contribution in [0.2, 0.25) is 0 Å². The molecule has 0 amide bonds. The smallest absolute Gasteiger partial charge is 0.216 e. The van der Waals surface area contributed by atoms with Gasteiger partial charge < -0.3 is 9.47 Å². The fourth-order valence-electron chi connectivity index (χ4n) is 2.05. The minimum Gasteiger partial charge on any atom is -0.493 e. The van der Waals surface area contributed by atoms with E-state index in [1.165, 1.54) is 19.5 Å². The van der Waals surface area contributed by atoms with Gasteiger partial charge in [0.15, 0.2) is 0 Å². The Kier molecular flexibility index (Phi) is 2.87. The van der Waals surface area contributed by atoms with Crippen molar-refractivity contribution in [1.82, 2.24) is 9.97 Å². The molecule has 5 heteroatoms. The molecule has 96 valence electrons. The van der Waals surface area contributed by atoms with Crippen molar-refractivity contribution in [2.45, 2.75) is 6.42 Å². The van der Waals surface area contributed by atoms with Crippen molar-refractivity contribution in [3.05, 3.63) is 47.4 Å². The number of ether oxygens (including phenoxy) is 2. The average Bonchev–Trinajstić information content (AvgIpc) is 2.94. The second kappa shape index (κ2) is 4.68. The van der Waals surface area contributed by atoms with Gasteiger partial charge in [-0.05, 0) is 23.8 Å². The molecule has 2 heterocycles. The van der Waals surface area contributed by atoms with Gasteiger partial charge in [0, 0.05) is 18.1 Å². The van der Waals surface area contributed by atoms with E-state index < -0.39 is 0 Å². The van der Waals surface area contributed by atoms with Gasteiger partial charge in [0.05, 0.1) is 13.7 Å². The summed E-state index contributed by atoms with van der Waals surface area (Å²) in [5.74, 6) is 1.09. The SMILES string of the molecule is COc1cc(C(=O)c2ccc3c(c2)CCO3)ncn1. The van der Waals surface area contributed by atoms with E-state index in [-0.39, 0.29) is 5.78 Å². The van der Waals surface area contributed by atoms with E-state index in [0.29, 0.717) is 23.7 Å². The van der Waals surface area contributed by atoms with Gasteiger partial charge in [-0.25, -0.2) is 9.97 Å².